The normalized spacial score (nSPS) is 16.1. The van der Waals surface area contributed by atoms with E-state index >= 15 is 0 Å². The molecule has 1 aromatic heterocycles. The van der Waals surface area contributed by atoms with Gasteiger partial charge in [0.2, 0.25) is 0 Å². The number of rotatable bonds is 6. The van der Waals surface area contributed by atoms with Gasteiger partial charge in [-0.3, -0.25) is 9.69 Å². The van der Waals surface area contributed by atoms with Crippen molar-refractivity contribution in [2.24, 2.45) is 0 Å². The zero-order valence-corrected chi connectivity index (χ0v) is 12.9. The number of hydrogen-bond donors (Lipinski definition) is 1. The number of morpholine rings is 1. The van der Waals surface area contributed by atoms with Gasteiger partial charge in [0.15, 0.2) is 0 Å². The largest absolute Gasteiger partial charge is 0.381 e. The average Bonchev–Trinajstić information content (AvgIpc) is 2.48. The summed E-state index contributed by atoms with van der Waals surface area (Å²) in [7, 11) is 0. The van der Waals surface area contributed by atoms with Crippen molar-refractivity contribution in [1.82, 2.24) is 14.7 Å². The van der Waals surface area contributed by atoms with Crippen LogP contribution in [0.3, 0.4) is 0 Å². The molecular formula is C13H19BrN4O2. The van der Waals surface area contributed by atoms with Crippen LogP contribution in [0.4, 0.5) is 5.69 Å². The van der Waals surface area contributed by atoms with Gasteiger partial charge in [0.25, 0.3) is 5.56 Å². The van der Waals surface area contributed by atoms with Gasteiger partial charge in [-0.05, 0) is 15.9 Å². The zero-order valence-electron chi connectivity index (χ0n) is 11.3. The van der Waals surface area contributed by atoms with E-state index in [2.05, 4.69) is 37.8 Å². The van der Waals surface area contributed by atoms with Crippen LogP contribution in [0.25, 0.3) is 0 Å². The second kappa shape index (κ2) is 7.56. The first-order valence-corrected chi connectivity index (χ1v) is 7.42. The van der Waals surface area contributed by atoms with Crippen LogP contribution >= 0.6 is 15.9 Å². The average molecular weight is 343 g/mol. The molecule has 7 heteroatoms. The van der Waals surface area contributed by atoms with Crippen molar-refractivity contribution in [3.63, 3.8) is 0 Å². The highest BCUT2D eigenvalue weighted by atomic mass is 79.9. The summed E-state index contributed by atoms with van der Waals surface area (Å²) in [6.07, 6.45) is 3.31. The number of hydrogen-bond acceptors (Lipinski definition) is 5. The minimum atomic E-state index is -0.152. The van der Waals surface area contributed by atoms with Crippen LogP contribution in [0.15, 0.2) is 28.1 Å². The SMILES string of the molecule is C=CCn1ncc(NCCN2CCOCC2)c(Br)c1=O. The van der Waals surface area contributed by atoms with E-state index in [1.165, 1.54) is 4.68 Å². The third-order valence-electron chi connectivity index (χ3n) is 3.13. The van der Waals surface area contributed by atoms with Crippen LogP contribution in [0.5, 0.6) is 0 Å². The fraction of sp³-hybridized carbons (Fsp3) is 0.538. The highest BCUT2D eigenvalue weighted by molar-refractivity contribution is 9.10. The Balaban J connectivity index is 1.91. The zero-order chi connectivity index (χ0) is 14.4. The van der Waals surface area contributed by atoms with Crippen molar-refractivity contribution < 1.29 is 4.74 Å². The van der Waals surface area contributed by atoms with Crippen LogP contribution < -0.4 is 10.9 Å². The van der Waals surface area contributed by atoms with Gasteiger partial charge in [0, 0.05) is 26.2 Å². The number of nitrogens with one attached hydrogen (secondary N) is 1. The van der Waals surface area contributed by atoms with Gasteiger partial charge in [-0.15, -0.1) is 6.58 Å². The Hall–Kier alpha value is -1.18. The second-order valence-electron chi connectivity index (χ2n) is 4.53. The lowest BCUT2D eigenvalue weighted by atomic mass is 10.4. The molecule has 0 spiro atoms. The van der Waals surface area contributed by atoms with Gasteiger partial charge < -0.3 is 10.1 Å². The van der Waals surface area contributed by atoms with E-state index in [-0.39, 0.29) is 5.56 Å². The highest BCUT2D eigenvalue weighted by Gasteiger charge is 2.11. The molecule has 2 rings (SSSR count). The second-order valence-corrected chi connectivity index (χ2v) is 5.32. The van der Waals surface area contributed by atoms with E-state index in [1.54, 1.807) is 12.3 Å². The van der Waals surface area contributed by atoms with Crippen molar-refractivity contribution in [2.45, 2.75) is 6.54 Å². The van der Waals surface area contributed by atoms with Crippen molar-refractivity contribution in [2.75, 3.05) is 44.7 Å². The molecule has 110 valence electrons. The summed E-state index contributed by atoms with van der Waals surface area (Å²) in [4.78, 5) is 14.3. The van der Waals surface area contributed by atoms with Crippen molar-refractivity contribution in [3.8, 4) is 0 Å². The molecule has 6 nitrogen and oxygen atoms in total. The summed E-state index contributed by atoms with van der Waals surface area (Å²) in [6, 6.07) is 0. The van der Waals surface area contributed by atoms with Gasteiger partial charge in [0.1, 0.15) is 4.47 Å². The summed E-state index contributed by atoms with van der Waals surface area (Å²) in [5.41, 5.74) is 0.574. The monoisotopic (exact) mass is 342 g/mol. The van der Waals surface area contributed by atoms with Crippen LogP contribution in [0.1, 0.15) is 0 Å². The Morgan fingerprint density at radius 3 is 2.95 bits per heavy atom. The van der Waals surface area contributed by atoms with Crippen LogP contribution in [-0.4, -0.2) is 54.1 Å². The standard InChI is InChI=1S/C13H19BrN4O2/c1-2-4-18-13(19)12(14)11(10-16-18)15-3-5-17-6-8-20-9-7-17/h2,10,15H,1,3-9H2. The summed E-state index contributed by atoms with van der Waals surface area (Å²) in [6.45, 7) is 9.21. The smallest absolute Gasteiger partial charge is 0.283 e. The number of anilines is 1. The maximum absolute atomic E-state index is 12.0. The van der Waals surface area contributed by atoms with Crippen molar-refractivity contribution in [3.05, 3.63) is 33.7 Å². The summed E-state index contributed by atoms with van der Waals surface area (Å²) in [5, 5.41) is 7.34. The lowest BCUT2D eigenvalue weighted by Crippen LogP contribution is -2.39. The Kier molecular flexibility index (Phi) is 5.75. The number of halogens is 1. The fourth-order valence-corrected chi connectivity index (χ4v) is 2.46. The molecule has 1 fully saturated rings. The molecule has 2 heterocycles. The summed E-state index contributed by atoms with van der Waals surface area (Å²) < 4.78 is 7.18. The minimum absolute atomic E-state index is 0.152. The molecular weight excluding hydrogens is 324 g/mol. The van der Waals surface area contributed by atoms with Gasteiger partial charge >= 0.3 is 0 Å². The van der Waals surface area contributed by atoms with Crippen molar-refractivity contribution in [1.29, 1.82) is 0 Å². The van der Waals surface area contributed by atoms with E-state index in [1.807, 2.05) is 0 Å². The van der Waals surface area contributed by atoms with Gasteiger partial charge in [0.05, 0.1) is 31.6 Å². The van der Waals surface area contributed by atoms with Crippen LogP contribution in [0.2, 0.25) is 0 Å². The Labute approximate surface area is 126 Å². The van der Waals surface area contributed by atoms with E-state index in [4.69, 9.17) is 4.74 Å². The lowest BCUT2D eigenvalue weighted by Gasteiger charge is -2.26. The molecule has 0 unspecified atom stereocenters. The van der Waals surface area contributed by atoms with Gasteiger partial charge in [-0.25, -0.2) is 4.68 Å². The maximum Gasteiger partial charge on any atom is 0.283 e. The number of aromatic nitrogens is 2. The Morgan fingerprint density at radius 2 is 2.25 bits per heavy atom. The third-order valence-corrected chi connectivity index (χ3v) is 3.90. The fourth-order valence-electron chi connectivity index (χ4n) is 2.01. The molecule has 0 aromatic carbocycles. The highest BCUT2D eigenvalue weighted by Crippen LogP contribution is 2.15. The molecule has 1 saturated heterocycles. The Morgan fingerprint density at radius 1 is 1.50 bits per heavy atom. The summed E-state index contributed by atoms with van der Waals surface area (Å²) in [5.74, 6) is 0. The first-order valence-electron chi connectivity index (χ1n) is 6.63. The van der Waals surface area contributed by atoms with Gasteiger partial charge in [-0.2, -0.15) is 5.10 Å². The molecule has 0 atom stereocenters. The minimum Gasteiger partial charge on any atom is -0.381 e. The Bertz CT molecular complexity index is 512. The topological polar surface area (TPSA) is 59.4 Å². The first-order chi connectivity index (χ1) is 9.72. The van der Waals surface area contributed by atoms with E-state index < -0.39 is 0 Å². The molecule has 1 aliphatic heterocycles. The molecule has 20 heavy (non-hydrogen) atoms. The molecule has 0 saturated carbocycles. The number of ether oxygens (including phenoxy) is 1. The molecule has 1 N–H and O–H groups in total. The first kappa shape index (κ1) is 15.2. The molecule has 0 radical (unpaired) electrons. The van der Waals surface area contributed by atoms with E-state index in [0.717, 1.165) is 45.1 Å². The van der Waals surface area contributed by atoms with Gasteiger partial charge in [-0.1, -0.05) is 6.08 Å². The molecule has 1 aromatic rings. The quantitative estimate of drug-likeness (QED) is 0.779. The predicted octanol–water partition coefficient (Wildman–Crippen LogP) is 0.936. The van der Waals surface area contributed by atoms with Crippen LogP contribution in [0, 0.1) is 0 Å². The number of allylic oxidation sites excluding steroid dienone is 1. The molecule has 0 aliphatic carbocycles. The number of nitrogens with zero attached hydrogens (tertiary/aromatic N) is 3. The molecule has 0 bridgehead atoms. The van der Waals surface area contributed by atoms with E-state index in [0.29, 0.717) is 11.0 Å². The maximum atomic E-state index is 12.0. The lowest BCUT2D eigenvalue weighted by molar-refractivity contribution is 0.0398. The molecule has 0 amide bonds. The summed E-state index contributed by atoms with van der Waals surface area (Å²) >= 11 is 3.32. The molecule has 1 aliphatic rings. The van der Waals surface area contributed by atoms with Crippen LogP contribution in [-0.2, 0) is 11.3 Å². The van der Waals surface area contributed by atoms with E-state index in [9.17, 15) is 4.79 Å². The van der Waals surface area contributed by atoms with Crippen molar-refractivity contribution >= 4 is 21.6 Å². The predicted molar refractivity (Wildman–Crippen MR) is 82.1 cm³/mol. The third kappa shape index (κ3) is 3.91.